The number of aliphatic imine (C=N–C) groups is 1. The summed E-state index contributed by atoms with van der Waals surface area (Å²) in [5.41, 5.74) is 1.33. The van der Waals surface area contributed by atoms with E-state index >= 15 is 0 Å². The molecule has 0 aromatic carbocycles. The van der Waals surface area contributed by atoms with E-state index in [4.69, 9.17) is 9.73 Å². The van der Waals surface area contributed by atoms with Crippen molar-refractivity contribution in [2.24, 2.45) is 12.0 Å². The van der Waals surface area contributed by atoms with Crippen LogP contribution in [0, 0.1) is 0 Å². The van der Waals surface area contributed by atoms with Crippen molar-refractivity contribution in [2.45, 2.75) is 45.2 Å². The molecule has 3 heterocycles. The molecule has 27 heavy (non-hydrogen) atoms. The molecule has 0 aliphatic carbocycles. The SMILES string of the molecule is CCNC(=NCC(C)N1CCOCC1C)N1CCC(c2cnn(C)c2)C1.I. The van der Waals surface area contributed by atoms with Gasteiger partial charge in [0.15, 0.2) is 5.96 Å². The van der Waals surface area contributed by atoms with Crippen LogP contribution >= 0.6 is 24.0 Å². The number of hydrogen-bond donors (Lipinski definition) is 1. The van der Waals surface area contributed by atoms with Crippen molar-refractivity contribution in [3.8, 4) is 0 Å². The molecule has 2 aliphatic heterocycles. The third-order valence-corrected chi connectivity index (χ3v) is 5.51. The van der Waals surface area contributed by atoms with E-state index in [9.17, 15) is 0 Å². The number of nitrogens with one attached hydrogen (secondary N) is 1. The van der Waals surface area contributed by atoms with Crippen LogP contribution in [0.3, 0.4) is 0 Å². The maximum absolute atomic E-state index is 5.56. The highest BCUT2D eigenvalue weighted by molar-refractivity contribution is 14.0. The number of halogens is 1. The van der Waals surface area contributed by atoms with Crippen molar-refractivity contribution in [1.82, 2.24) is 24.9 Å². The third kappa shape index (κ3) is 5.80. The van der Waals surface area contributed by atoms with Crippen LogP contribution in [0.1, 0.15) is 38.7 Å². The number of likely N-dealkylation sites (tertiary alicyclic amines) is 1. The summed E-state index contributed by atoms with van der Waals surface area (Å²) in [4.78, 5) is 9.88. The minimum atomic E-state index is 0. The molecule has 1 N–H and O–H groups in total. The number of ether oxygens (including phenoxy) is 1. The molecule has 2 fully saturated rings. The van der Waals surface area contributed by atoms with E-state index in [0.717, 1.165) is 58.3 Å². The quantitative estimate of drug-likeness (QED) is 0.388. The average molecular weight is 490 g/mol. The lowest BCUT2D eigenvalue weighted by molar-refractivity contribution is -0.0166. The Bertz CT molecular complexity index is 607. The van der Waals surface area contributed by atoms with Gasteiger partial charge in [-0.05, 0) is 32.8 Å². The second-order valence-corrected chi connectivity index (χ2v) is 7.58. The summed E-state index contributed by atoms with van der Waals surface area (Å²) in [5, 5.41) is 7.81. The van der Waals surface area contributed by atoms with Crippen LogP contribution in [0.15, 0.2) is 17.4 Å². The molecular weight excluding hydrogens is 455 g/mol. The van der Waals surface area contributed by atoms with Crippen LogP contribution in [0.4, 0.5) is 0 Å². The summed E-state index contributed by atoms with van der Waals surface area (Å²) < 4.78 is 7.45. The fraction of sp³-hybridized carbons (Fsp3) is 0.789. The van der Waals surface area contributed by atoms with Crippen LogP contribution in [0.25, 0.3) is 0 Å². The van der Waals surface area contributed by atoms with Crippen molar-refractivity contribution in [3.63, 3.8) is 0 Å². The van der Waals surface area contributed by atoms with Gasteiger partial charge in [0.05, 0.1) is 26.0 Å². The zero-order valence-electron chi connectivity index (χ0n) is 17.1. The predicted octanol–water partition coefficient (Wildman–Crippen LogP) is 1.90. The van der Waals surface area contributed by atoms with Gasteiger partial charge in [0, 0.05) is 57.4 Å². The van der Waals surface area contributed by atoms with Crippen molar-refractivity contribution in [2.75, 3.05) is 45.9 Å². The van der Waals surface area contributed by atoms with Gasteiger partial charge in [0.1, 0.15) is 0 Å². The van der Waals surface area contributed by atoms with E-state index in [-0.39, 0.29) is 24.0 Å². The van der Waals surface area contributed by atoms with E-state index in [0.29, 0.717) is 18.0 Å². The second-order valence-electron chi connectivity index (χ2n) is 7.58. The molecule has 0 saturated carbocycles. The lowest BCUT2D eigenvalue weighted by Crippen LogP contribution is -2.49. The van der Waals surface area contributed by atoms with Crippen molar-refractivity contribution < 1.29 is 4.74 Å². The molecule has 3 rings (SSSR count). The number of rotatable bonds is 5. The Morgan fingerprint density at radius 3 is 2.93 bits per heavy atom. The smallest absolute Gasteiger partial charge is 0.193 e. The molecule has 3 atom stereocenters. The zero-order chi connectivity index (χ0) is 18.5. The molecule has 0 spiro atoms. The Morgan fingerprint density at radius 2 is 2.26 bits per heavy atom. The van der Waals surface area contributed by atoms with Crippen LogP contribution in [-0.2, 0) is 11.8 Å². The van der Waals surface area contributed by atoms with Crippen LogP contribution in [0.5, 0.6) is 0 Å². The largest absolute Gasteiger partial charge is 0.379 e. The molecule has 3 unspecified atom stereocenters. The molecule has 0 bridgehead atoms. The minimum absolute atomic E-state index is 0. The second kappa shape index (κ2) is 10.6. The van der Waals surface area contributed by atoms with Crippen molar-refractivity contribution in [3.05, 3.63) is 18.0 Å². The molecule has 2 aliphatic rings. The van der Waals surface area contributed by atoms with Gasteiger partial charge in [0.2, 0.25) is 0 Å². The molecule has 0 radical (unpaired) electrons. The first-order valence-electron chi connectivity index (χ1n) is 9.93. The number of hydrogen-bond acceptors (Lipinski definition) is 4. The van der Waals surface area contributed by atoms with E-state index in [1.807, 2.05) is 17.9 Å². The van der Waals surface area contributed by atoms with Gasteiger partial charge in [-0.15, -0.1) is 24.0 Å². The molecule has 7 nitrogen and oxygen atoms in total. The lowest BCUT2D eigenvalue weighted by Gasteiger charge is -2.37. The molecule has 2 saturated heterocycles. The summed E-state index contributed by atoms with van der Waals surface area (Å²) in [6.07, 6.45) is 5.30. The normalized spacial score (nSPS) is 25.3. The monoisotopic (exact) mass is 490 g/mol. The standard InChI is InChI=1S/C19H34N6O.HI/c1-5-20-19(21-10-15(2)25-8-9-26-14-16(25)3)24-7-6-17(13-24)18-11-22-23(4)12-18;/h11-12,15-17H,5-10,13-14H2,1-4H3,(H,20,21);1H. The first-order valence-corrected chi connectivity index (χ1v) is 9.93. The van der Waals surface area contributed by atoms with Gasteiger partial charge < -0.3 is 15.0 Å². The zero-order valence-corrected chi connectivity index (χ0v) is 19.4. The molecular formula is C19H35IN6O. The molecule has 8 heteroatoms. The molecule has 0 amide bonds. The molecule has 1 aromatic heterocycles. The lowest BCUT2D eigenvalue weighted by atomic mass is 10.0. The predicted molar refractivity (Wildman–Crippen MR) is 120 cm³/mol. The van der Waals surface area contributed by atoms with Gasteiger partial charge in [-0.25, -0.2) is 0 Å². The number of aryl methyl sites for hydroxylation is 1. The number of morpholine rings is 1. The van der Waals surface area contributed by atoms with Gasteiger partial charge in [-0.2, -0.15) is 5.10 Å². The van der Waals surface area contributed by atoms with E-state index in [1.165, 1.54) is 5.56 Å². The Hall–Kier alpha value is -0.870. The van der Waals surface area contributed by atoms with Gasteiger partial charge in [0.25, 0.3) is 0 Å². The number of guanidine groups is 1. The van der Waals surface area contributed by atoms with E-state index in [1.54, 1.807) is 0 Å². The fourth-order valence-electron chi connectivity index (χ4n) is 4.02. The van der Waals surface area contributed by atoms with E-state index in [2.05, 4.69) is 47.2 Å². The number of nitrogens with zero attached hydrogens (tertiary/aromatic N) is 5. The van der Waals surface area contributed by atoms with Crippen LogP contribution in [0.2, 0.25) is 0 Å². The summed E-state index contributed by atoms with van der Waals surface area (Å²) in [6, 6.07) is 0.901. The molecule has 1 aromatic rings. The van der Waals surface area contributed by atoms with Crippen molar-refractivity contribution in [1.29, 1.82) is 0 Å². The van der Waals surface area contributed by atoms with Crippen molar-refractivity contribution >= 4 is 29.9 Å². The topological polar surface area (TPSA) is 57.9 Å². The highest BCUT2D eigenvalue weighted by atomic mass is 127. The average Bonchev–Trinajstić information content (AvgIpc) is 3.27. The van der Waals surface area contributed by atoms with Gasteiger partial charge in [-0.3, -0.25) is 14.6 Å². The highest BCUT2D eigenvalue weighted by Gasteiger charge is 2.28. The number of aromatic nitrogens is 2. The fourth-order valence-corrected chi connectivity index (χ4v) is 4.02. The third-order valence-electron chi connectivity index (χ3n) is 5.51. The maximum atomic E-state index is 5.56. The first kappa shape index (κ1) is 22.4. The Balaban J connectivity index is 0.00000261. The summed E-state index contributed by atoms with van der Waals surface area (Å²) in [6.45, 7) is 13.1. The summed E-state index contributed by atoms with van der Waals surface area (Å²) >= 11 is 0. The molecule has 154 valence electrons. The minimum Gasteiger partial charge on any atom is -0.379 e. The van der Waals surface area contributed by atoms with Gasteiger partial charge >= 0.3 is 0 Å². The maximum Gasteiger partial charge on any atom is 0.193 e. The van der Waals surface area contributed by atoms with Gasteiger partial charge in [-0.1, -0.05) is 0 Å². The highest BCUT2D eigenvalue weighted by Crippen LogP contribution is 2.26. The van der Waals surface area contributed by atoms with Crippen LogP contribution in [-0.4, -0.2) is 83.6 Å². The van der Waals surface area contributed by atoms with E-state index < -0.39 is 0 Å². The summed E-state index contributed by atoms with van der Waals surface area (Å²) in [5.74, 6) is 1.59. The van der Waals surface area contributed by atoms with Crippen LogP contribution < -0.4 is 5.32 Å². The Kier molecular flexibility index (Phi) is 8.81. The summed E-state index contributed by atoms with van der Waals surface area (Å²) in [7, 11) is 1.98. The Morgan fingerprint density at radius 1 is 1.44 bits per heavy atom. The first-order chi connectivity index (χ1) is 12.6. The Labute approximate surface area is 180 Å².